The standard InChI is InChI=1S/C22H24N4O2/c1-14(2)12-16-8-10-17(11-9-16)19-13-20(25-24-19)22(28)26-23-15(3)18-6-4-5-7-21(18)27/h4-11,13-14,27H,12H2,1-3H3,(H,24,25)(H,26,28). The minimum absolute atomic E-state index is 0.114. The zero-order chi connectivity index (χ0) is 20.1. The average Bonchev–Trinajstić information content (AvgIpc) is 3.16. The quantitative estimate of drug-likeness (QED) is 0.446. The molecule has 1 heterocycles. The first-order valence-corrected chi connectivity index (χ1v) is 9.21. The molecule has 28 heavy (non-hydrogen) atoms. The van der Waals surface area contributed by atoms with Crippen LogP contribution in [-0.4, -0.2) is 26.9 Å². The van der Waals surface area contributed by atoms with Gasteiger partial charge in [0.15, 0.2) is 0 Å². The van der Waals surface area contributed by atoms with E-state index < -0.39 is 5.91 Å². The number of carbonyl (C=O) groups is 1. The van der Waals surface area contributed by atoms with Gasteiger partial charge in [0.25, 0.3) is 5.91 Å². The molecule has 0 aliphatic rings. The normalized spacial score (nSPS) is 11.6. The molecule has 3 rings (SSSR count). The van der Waals surface area contributed by atoms with Crippen LogP contribution in [0.15, 0.2) is 59.7 Å². The molecule has 6 nitrogen and oxygen atoms in total. The third kappa shape index (κ3) is 4.65. The highest BCUT2D eigenvalue weighted by Crippen LogP contribution is 2.20. The molecule has 0 saturated heterocycles. The number of amides is 1. The molecule has 6 heteroatoms. The lowest BCUT2D eigenvalue weighted by Gasteiger charge is -2.05. The van der Waals surface area contributed by atoms with Crippen LogP contribution in [0.5, 0.6) is 5.75 Å². The van der Waals surface area contributed by atoms with Crippen LogP contribution in [0.3, 0.4) is 0 Å². The van der Waals surface area contributed by atoms with Gasteiger partial charge in [-0.05, 0) is 43.0 Å². The van der Waals surface area contributed by atoms with Gasteiger partial charge in [-0.1, -0.05) is 50.2 Å². The smallest absolute Gasteiger partial charge is 0.289 e. The number of aromatic nitrogens is 2. The van der Waals surface area contributed by atoms with E-state index in [0.717, 1.165) is 12.0 Å². The van der Waals surface area contributed by atoms with Gasteiger partial charge in [-0.15, -0.1) is 0 Å². The average molecular weight is 376 g/mol. The molecule has 1 aromatic heterocycles. The Balaban J connectivity index is 1.69. The SMILES string of the molecule is CC(=NNC(=O)c1cc(-c2ccc(CC(C)C)cc2)n[nH]1)c1ccccc1O. The second kappa shape index (κ2) is 8.52. The van der Waals surface area contributed by atoms with Crippen molar-refractivity contribution in [3.8, 4) is 17.0 Å². The molecule has 0 aliphatic heterocycles. The highest BCUT2D eigenvalue weighted by Gasteiger charge is 2.11. The Labute approximate surface area is 164 Å². The van der Waals surface area contributed by atoms with Crippen LogP contribution in [0.25, 0.3) is 11.3 Å². The van der Waals surface area contributed by atoms with Gasteiger partial charge in [-0.25, -0.2) is 5.43 Å². The van der Waals surface area contributed by atoms with Crippen molar-refractivity contribution in [1.29, 1.82) is 0 Å². The molecular formula is C22H24N4O2. The molecule has 3 aromatic rings. The van der Waals surface area contributed by atoms with E-state index in [0.29, 0.717) is 28.6 Å². The Morgan fingerprint density at radius 3 is 2.57 bits per heavy atom. The van der Waals surface area contributed by atoms with Crippen LogP contribution in [0, 0.1) is 5.92 Å². The van der Waals surface area contributed by atoms with E-state index in [-0.39, 0.29) is 5.75 Å². The van der Waals surface area contributed by atoms with Crippen LogP contribution in [0.1, 0.15) is 42.4 Å². The summed E-state index contributed by atoms with van der Waals surface area (Å²) in [5.41, 5.74) is 6.79. The van der Waals surface area contributed by atoms with Crippen molar-refractivity contribution in [2.75, 3.05) is 0 Å². The van der Waals surface area contributed by atoms with Crippen molar-refractivity contribution in [1.82, 2.24) is 15.6 Å². The van der Waals surface area contributed by atoms with E-state index in [2.05, 4.69) is 46.7 Å². The number of nitrogens with one attached hydrogen (secondary N) is 2. The molecule has 0 saturated carbocycles. The predicted octanol–water partition coefficient (Wildman–Crippen LogP) is 4.13. The molecule has 0 fully saturated rings. The molecule has 0 atom stereocenters. The number of nitrogens with zero attached hydrogens (tertiary/aromatic N) is 2. The van der Waals surface area contributed by atoms with E-state index >= 15 is 0 Å². The van der Waals surface area contributed by atoms with E-state index in [9.17, 15) is 9.90 Å². The minimum atomic E-state index is -0.398. The van der Waals surface area contributed by atoms with Gasteiger partial charge in [0.1, 0.15) is 11.4 Å². The predicted molar refractivity (Wildman–Crippen MR) is 110 cm³/mol. The number of aromatic hydroxyl groups is 1. The number of aromatic amines is 1. The molecular weight excluding hydrogens is 352 g/mol. The first kappa shape index (κ1) is 19.4. The molecule has 1 amide bonds. The van der Waals surface area contributed by atoms with Crippen LogP contribution in [-0.2, 0) is 6.42 Å². The lowest BCUT2D eigenvalue weighted by atomic mass is 10.0. The molecule has 2 aromatic carbocycles. The van der Waals surface area contributed by atoms with Crippen LogP contribution in [0.4, 0.5) is 0 Å². The molecule has 3 N–H and O–H groups in total. The van der Waals surface area contributed by atoms with Gasteiger partial charge in [-0.3, -0.25) is 9.89 Å². The lowest BCUT2D eigenvalue weighted by Crippen LogP contribution is -2.19. The summed E-state index contributed by atoms with van der Waals surface area (Å²) in [4.78, 5) is 12.3. The minimum Gasteiger partial charge on any atom is -0.507 e. The summed E-state index contributed by atoms with van der Waals surface area (Å²) in [7, 11) is 0. The highest BCUT2D eigenvalue weighted by molar-refractivity contribution is 6.02. The number of rotatable bonds is 6. The summed E-state index contributed by atoms with van der Waals surface area (Å²) in [5.74, 6) is 0.320. The van der Waals surface area contributed by atoms with Gasteiger partial charge >= 0.3 is 0 Å². The Hall–Kier alpha value is -3.41. The summed E-state index contributed by atoms with van der Waals surface area (Å²) in [6.45, 7) is 6.10. The zero-order valence-electron chi connectivity index (χ0n) is 16.2. The topological polar surface area (TPSA) is 90.4 Å². The summed E-state index contributed by atoms with van der Waals surface area (Å²) in [6.07, 6.45) is 1.03. The van der Waals surface area contributed by atoms with Gasteiger partial charge in [0.2, 0.25) is 0 Å². The second-order valence-electron chi connectivity index (χ2n) is 7.12. The monoisotopic (exact) mass is 376 g/mol. The van der Waals surface area contributed by atoms with Gasteiger partial charge < -0.3 is 5.11 Å². The molecule has 0 radical (unpaired) electrons. The molecule has 0 unspecified atom stereocenters. The molecule has 0 spiro atoms. The van der Waals surface area contributed by atoms with Crippen LogP contribution < -0.4 is 5.43 Å². The number of hydrogen-bond donors (Lipinski definition) is 3. The second-order valence-corrected chi connectivity index (χ2v) is 7.12. The largest absolute Gasteiger partial charge is 0.507 e. The van der Waals surface area contributed by atoms with Crippen molar-refractivity contribution >= 4 is 11.6 Å². The fourth-order valence-electron chi connectivity index (χ4n) is 2.90. The number of para-hydroxylation sites is 1. The summed E-state index contributed by atoms with van der Waals surface area (Å²) in [5, 5.41) is 20.9. The number of hydrogen-bond acceptors (Lipinski definition) is 4. The Morgan fingerprint density at radius 1 is 1.18 bits per heavy atom. The van der Waals surface area contributed by atoms with E-state index in [1.165, 1.54) is 5.56 Å². The first-order chi connectivity index (χ1) is 13.4. The summed E-state index contributed by atoms with van der Waals surface area (Å²) < 4.78 is 0. The van der Waals surface area contributed by atoms with Crippen molar-refractivity contribution in [3.63, 3.8) is 0 Å². The molecule has 0 bridgehead atoms. The fraction of sp³-hybridized carbons (Fsp3) is 0.227. The van der Waals surface area contributed by atoms with Crippen LogP contribution >= 0.6 is 0 Å². The zero-order valence-corrected chi connectivity index (χ0v) is 16.2. The third-order valence-electron chi connectivity index (χ3n) is 4.34. The van der Waals surface area contributed by atoms with E-state index in [1.807, 2.05) is 12.1 Å². The third-order valence-corrected chi connectivity index (χ3v) is 4.34. The first-order valence-electron chi connectivity index (χ1n) is 9.21. The Bertz CT molecular complexity index is 988. The number of phenols is 1. The van der Waals surface area contributed by atoms with E-state index in [1.54, 1.807) is 37.3 Å². The van der Waals surface area contributed by atoms with Crippen molar-refractivity contribution in [3.05, 3.63) is 71.4 Å². The van der Waals surface area contributed by atoms with Gasteiger partial charge in [0.05, 0.1) is 11.4 Å². The number of phenolic OH excluding ortho intramolecular Hbond substituents is 1. The van der Waals surface area contributed by atoms with Crippen molar-refractivity contribution < 1.29 is 9.90 Å². The van der Waals surface area contributed by atoms with Crippen LogP contribution in [0.2, 0.25) is 0 Å². The number of H-pyrrole nitrogens is 1. The Kier molecular flexibility index (Phi) is 5.89. The van der Waals surface area contributed by atoms with E-state index in [4.69, 9.17) is 0 Å². The summed E-state index contributed by atoms with van der Waals surface area (Å²) in [6, 6.07) is 16.7. The van der Waals surface area contributed by atoms with Crippen molar-refractivity contribution in [2.45, 2.75) is 27.2 Å². The fourth-order valence-corrected chi connectivity index (χ4v) is 2.90. The van der Waals surface area contributed by atoms with Gasteiger partial charge in [0, 0.05) is 11.1 Å². The highest BCUT2D eigenvalue weighted by atomic mass is 16.3. The van der Waals surface area contributed by atoms with Crippen molar-refractivity contribution in [2.24, 2.45) is 11.0 Å². The number of benzene rings is 2. The summed E-state index contributed by atoms with van der Waals surface area (Å²) >= 11 is 0. The Morgan fingerprint density at radius 2 is 1.89 bits per heavy atom. The molecule has 144 valence electrons. The number of carbonyl (C=O) groups excluding carboxylic acids is 1. The maximum atomic E-state index is 12.3. The molecule has 0 aliphatic carbocycles. The maximum absolute atomic E-state index is 12.3. The maximum Gasteiger partial charge on any atom is 0.289 e. The number of hydrazone groups is 1. The van der Waals surface area contributed by atoms with Gasteiger partial charge in [-0.2, -0.15) is 10.2 Å². The lowest BCUT2D eigenvalue weighted by molar-refractivity contribution is 0.0950.